The van der Waals surface area contributed by atoms with Crippen molar-refractivity contribution in [2.45, 2.75) is 45.3 Å². The van der Waals surface area contributed by atoms with Gasteiger partial charge in [-0.25, -0.2) is 0 Å². The fourth-order valence-corrected chi connectivity index (χ4v) is 3.52. The van der Waals surface area contributed by atoms with Gasteiger partial charge < -0.3 is 10.0 Å². The Morgan fingerprint density at radius 3 is 2.65 bits per heavy atom. The molecule has 0 saturated carbocycles. The third kappa shape index (κ3) is 3.93. The molecule has 2 saturated heterocycles. The maximum Gasteiger partial charge on any atom is 0.222 e. The Morgan fingerprint density at radius 2 is 2.05 bits per heavy atom. The number of aliphatic hydroxyl groups excluding tert-OH is 1. The second-order valence-corrected chi connectivity index (χ2v) is 6.02. The topological polar surface area (TPSA) is 47.0 Å². The molecule has 1 N–H and O–H groups in total. The number of likely N-dealkylation sites (N-methyl/N-ethyl adjacent to an activating group) is 1. The molecule has 2 atom stereocenters. The Morgan fingerprint density at radius 1 is 1.30 bits per heavy atom. The summed E-state index contributed by atoms with van der Waals surface area (Å²) in [6.45, 7) is 10.7. The predicted octanol–water partition coefficient (Wildman–Crippen LogP) is 0.386. The quantitative estimate of drug-likeness (QED) is 0.734. The van der Waals surface area contributed by atoms with E-state index in [4.69, 9.17) is 0 Å². The molecule has 2 heterocycles. The number of aliphatic hydroxyl groups is 1. The third-order valence-electron chi connectivity index (χ3n) is 4.65. The highest BCUT2D eigenvalue weighted by molar-refractivity contribution is 5.78. The highest BCUT2D eigenvalue weighted by atomic mass is 16.3. The van der Waals surface area contributed by atoms with Crippen LogP contribution in [0.4, 0.5) is 0 Å². The van der Waals surface area contributed by atoms with Gasteiger partial charge in [0.1, 0.15) is 0 Å². The van der Waals surface area contributed by atoms with Gasteiger partial charge in [-0.15, -0.1) is 0 Å². The van der Waals surface area contributed by atoms with Crippen LogP contribution < -0.4 is 0 Å². The Hall–Kier alpha value is -0.650. The SMILES string of the molecule is CCN(CC)C1CCN(CC(O)CN2CCCC2=O)C1. The van der Waals surface area contributed by atoms with E-state index in [-0.39, 0.29) is 5.91 Å². The summed E-state index contributed by atoms with van der Waals surface area (Å²) in [5, 5.41) is 10.2. The first-order valence-corrected chi connectivity index (χ1v) is 8.06. The molecule has 2 aliphatic rings. The van der Waals surface area contributed by atoms with E-state index >= 15 is 0 Å². The summed E-state index contributed by atoms with van der Waals surface area (Å²) in [4.78, 5) is 18.2. The number of likely N-dealkylation sites (tertiary alicyclic amines) is 2. The Bertz CT molecular complexity index is 320. The molecule has 0 aromatic heterocycles. The Kier molecular flexibility index (Phi) is 5.81. The van der Waals surface area contributed by atoms with Crippen molar-refractivity contribution in [2.75, 3.05) is 45.8 Å². The summed E-state index contributed by atoms with van der Waals surface area (Å²) in [7, 11) is 0. The maximum absolute atomic E-state index is 11.6. The minimum absolute atomic E-state index is 0.200. The van der Waals surface area contributed by atoms with Gasteiger partial charge in [-0.3, -0.25) is 14.6 Å². The zero-order valence-corrected chi connectivity index (χ0v) is 12.9. The highest BCUT2D eigenvalue weighted by Gasteiger charge is 2.29. The van der Waals surface area contributed by atoms with E-state index in [2.05, 4.69) is 23.6 Å². The monoisotopic (exact) mass is 283 g/mol. The lowest BCUT2D eigenvalue weighted by molar-refractivity contribution is -0.129. The van der Waals surface area contributed by atoms with Crippen LogP contribution in [0.3, 0.4) is 0 Å². The summed E-state index contributed by atoms with van der Waals surface area (Å²) in [6, 6.07) is 0.630. The molecule has 0 aromatic rings. The van der Waals surface area contributed by atoms with Gasteiger partial charge in [0, 0.05) is 38.6 Å². The molecule has 0 radical (unpaired) electrons. The molecular weight excluding hydrogens is 254 g/mol. The summed E-state index contributed by atoms with van der Waals surface area (Å²) in [5.41, 5.74) is 0. The van der Waals surface area contributed by atoms with Crippen molar-refractivity contribution >= 4 is 5.91 Å². The minimum Gasteiger partial charge on any atom is -0.390 e. The molecule has 1 amide bonds. The number of hydrogen-bond donors (Lipinski definition) is 1. The number of hydrogen-bond acceptors (Lipinski definition) is 4. The standard InChI is InChI=1S/C15H29N3O2/c1-3-17(4-2)13-7-9-16(10-13)11-14(19)12-18-8-5-6-15(18)20/h13-14,19H,3-12H2,1-2H3. The predicted molar refractivity (Wildman–Crippen MR) is 79.6 cm³/mol. The summed E-state index contributed by atoms with van der Waals surface area (Å²) in [6.07, 6.45) is 2.38. The summed E-state index contributed by atoms with van der Waals surface area (Å²) >= 11 is 0. The molecule has 20 heavy (non-hydrogen) atoms. The number of β-amino-alcohol motifs (C(OH)–C–C–N with tert-alkyl or cyclic N) is 1. The van der Waals surface area contributed by atoms with Crippen LogP contribution in [-0.4, -0.2) is 83.7 Å². The molecule has 0 bridgehead atoms. The van der Waals surface area contributed by atoms with Gasteiger partial charge in [-0.2, -0.15) is 0 Å². The van der Waals surface area contributed by atoms with E-state index in [1.807, 2.05) is 4.90 Å². The van der Waals surface area contributed by atoms with Gasteiger partial charge in [0.15, 0.2) is 0 Å². The fraction of sp³-hybridized carbons (Fsp3) is 0.933. The lowest BCUT2D eigenvalue weighted by atomic mass is 10.2. The zero-order chi connectivity index (χ0) is 14.5. The van der Waals surface area contributed by atoms with E-state index < -0.39 is 6.10 Å². The van der Waals surface area contributed by atoms with Crippen molar-refractivity contribution in [2.24, 2.45) is 0 Å². The minimum atomic E-state index is -0.410. The van der Waals surface area contributed by atoms with Crippen molar-refractivity contribution in [3.63, 3.8) is 0 Å². The lowest BCUT2D eigenvalue weighted by Crippen LogP contribution is -2.42. The Labute approximate surface area is 122 Å². The van der Waals surface area contributed by atoms with Crippen molar-refractivity contribution in [3.05, 3.63) is 0 Å². The molecule has 2 rings (SSSR count). The molecule has 2 aliphatic heterocycles. The smallest absolute Gasteiger partial charge is 0.222 e. The first-order chi connectivity index (χ1) is 9.63. The second-order valence-electron chi connectivity index (χ2n) is 6.02. The van der Waals surface area contributed by atoms with Crippen molar-refractivity contribution in [1.82, 2.24) is 14.7 Å². The van der Waals surface area contributed by atoms with Crippen LogP contribution in [0.25, 0.3) is 0 Å². The average Bonchev–Trinajstić information content (AvgIpc) is 3.02. The molecule has 5 heteroatoms. The van der Waals surface area contributed by atoms with E-state index in [9.17, 15) is 9.90 Å². The van der Waals surface area contributed by atoms with Gasteiger partial charge in [0.05, 0.1) is 6.10 Å². The number of rotatable bonds is 7. The first-order valence-electron chi connectivity index (χ1n) is 8.06. The van der Waals surface area contributed by atoms with Crippen LogP contribution in [0.5, 0.6) is 0 Å². The van der Waals surface area contributed by atoms with Gasteiger partial charge in [-0.05, 0) is 32.5 Å². The van der Waals surface area contributed by atoms with Crippen molar-refractivity contribution < 1.29 is 9.90 Å². The molecule has 116 valence electrons. The van der Waals surface area contributed by atoms with Crippen LogP contribution in [0.1, 0.15) is 33.1 Å². The van der Waals surface area contributed by atoms with Gasteiger partial charge in [0.25, 0.3) is 0 Å². The largest absolute Gasteiger partial charge is 0.390 e. The summed E-state index contributed by atoms with van der Waals surface area (Å²) < 4.78 is 0. The average molecular weight is 283 g/mol. The number of nitrogens with zero attached hydrogens (tertiary/aromatic N) is 3. The van der Waals surface area contributed by atoms with E-state index in [1.165, 1.54) is 6.42 Å². The second kappa shape index (κ2) is 7.38. The summed E-state index contributed by atoms with van der Waals surface area (Å²) in [5.74, 6) is 0.200. The number of amides is 1. The fourth-order valence-electron chi connectivity index (χ4n) is 3.52. The van der Waals surface area contributed by atoms with Crippen LogP contribution in [-0.2, 0) is 4.79 Å². The van der Waals surface area contributed by atoms with Gasteiger partial charge in [0.2, 0.25) is 5.91 Å². The molecule has 0 aliphatic carbocycles. The van der Waals surface area contributed by atoms with Crippen LogP contribution >= 0.6 is 0 Å². The van der Waals surface area contributed by atoms with Crippen LogP contribution in [0.2, 0.25) is 0 Å². The molecule has 5 nitrogen and oxygen atoms in total. The van der Waals surface area contributed by atoms with E-state index in [1.54, 1.807) is 0 Å². The lowest BCUT2D eigenvalue weighted by Gasteiger charge is -2.27. The first kappa shape index (κ1) is 15.7. The Balaban J connectivity index is 1.72. The molecule has 2 unspecified atom stereocenters. The van der Waals surface area contributed by atoms with Crippen LogP contribution in [0, 0.1) is 0 Å². The number of carbonyl (C=O) groups is 1. The van der Waals surface area contributed by atoms with Gasteiger partial charge >= 0.3 is 0 Å². The normalized spacial score (nSPS) is 25.9. The molecular formula is C15H29N3O2. The molecule has 0 aromatic carbocycles. The number of carbonyl (C=O) groups excluding carboxylic acids is 1. The van der Waals surface area contributed by atoms with Gasteiger partial charge in [-0.1, -0.05) is 13.8 Å². The van der Waals surface area contributed by atoms with E-state index in [0.717, 1.165) is 39.1 Å². The maximum atomic E-state index is 11.6. The zero-order valence-electron chi connectivity index (χ0n) is 12.9. The third-order valence-corrected chi connectivity index (χ3v) is 4.65. The highest BCUT2D eigenvalue weighted by Crippen LogP contribution is 2.16. The van der Waals surface area contributed by atoms with Crippen molar-refractivity contribution in [1.29, 1.82) is 0 Å². The van der Waals surface area contributed by atoms with Crippen LogP contribution in [0.15, 0.2) is 0 Å². The van der Waals surface area contributed by atoms with E-state index in [0.29, 0.717) is 25.6 Å². The molecule has 2 fully saturated rings. The molecule has 0 spiro atoms. The van der Waals surface area contributed by atoms with Crippen molar-refractivity contribution in [3.8, 4) is 0 Å².